The summed E-state index contributed by atoms with van der Waals surface area (Å²) in [7, 11) is 0. The van der Waals surface area contributed by atoms with E-state index in [0.717, 1.165) is 18.2 Å². The van der Waals surface area contributed by atoms with Crippen molar-refractivity contribution in [2.45, 2.75) is 25.9 Å². The highest BCUT2D eigenvalue weighted by atomic mass is 19.1. The van der Waals surface area contributed by atoms with Gasteiger partial charge in [-0.1, -0.05) is 6.92 Å². The Balaban J connectivity index is 2.61. The van der Waals surface area contributed by atoms with Crippen molar-refractivity contribution in [2.24, 2.45) is 5.73 Å². The minimum absolute atomic E-state index is 0.0594. The van der Waals surface area contributed by atoms with Crippen LogP contribution in [0.2, 0.25) is 0 Å². The first-order chi connectivity index (χ1) is 7.54. The Morgan fingerprint density at radius 3 is 2.81 bits per heavy atom. The van der Waals surface area contributed by atoms with Gasteiger partial charge in [0.1, 0.15) is 11.6 Å². The molecule has 3 N–H and O–H groups in total. The molecule has 0 bridgehead atoms. The predicted octanol–water partition coefficient (Wildman–Crippen LogP) is 1.32. The Labute approximate surface area is 92.6 Å². The fraction of sp³-hybridized carbons (Fsp3) is 0.364. The molecule has 0 radical (unpaired) electrons. The lowest BCUT2D eigenvalue weighted by atomic mass is 10.2. The highest BCUT2D eigenvalue weighted by Gasteiger charge is 2.11. The lowest BCUT2D eigenvalue weighted by Crippen LogP contribution is -2.39. The topological polar surface area (TPSA) is 55.1 Å². The molecule has 5 heteroatoms. The summed E-state index contributed by atoms with van der Waals surface area (Å²) in [5.74, 6) is -1.46. The highest BCUT2D eigenvalue weighted by molar-refractivity contribution is 5.81. The summed E-state index contributed by atoms with van der Waals surface area (Å²) in [4.78, 5) is 11.3. The summed E-state index contributed by atoms with van der Waals surface area (Å²) in [5.41, 5.74) is 5.58. The molecule has 1 unspecified atom stereocenters. The van der Waals surface area contributed by atoms with Gasteiger partial charge in [-0.25, -0.2) is 8.78 Å². The molecule has 1 rings (SSSR count). The average molecular weight is 228 g/mol. The maximum Gasteiger partial charge on any atom is 0.237 e. The summed E-state index contributed by atoms with van der Waals surface area (Å²) in [5, 5.41) is 2.45. The second kappa shape index (κ2) is 5.55. The molecular formula is C11H14F2N2O. The Kier molecular flexibility index (Phi) is 4.37. The first-order valence-electron chi connectivity index (χ1n) is 5.01. The number of carbonyl (C=O) groups is 1. The summed E-state index contributed by atoms with van der Waals surface area (Å²) in [6.07, 6.45) is 0.497. The number of hydrogen-bond donors (Lipinski definition) is 2. The van der Waals surface area contributed by atoms with Gasteiger partial charge in [-0.2, -0.15) is 0 Å². The second-order valence-electron chi connectivity index (χ2n) is 3.47. The quantitative estimate of drug-likeness (QED) is 0.816. The molecule has 0 heterocycles. The van der Waals surface area contributed by atoms with Crippen molar-refractivity contribution in [1.82, 2.24) is 5.32 Å². The van der Waals surface area contributed by atoms with Gasteiger partial charge in [0.25, 0.3) is 0 Å². The molecule has 0 aliphatic rings. The smallest absolute Gasteiger partial charge is 0.237 e. The van der Waals surface area contributed by atoms with E-state index in [1.165, 1.54) is 0 Å². The molecule has 0 spiro atoms. The van der Waals surface area contributed by atoms with Crippen LogP contribution >= 0.6 is 0 Å². The molecule has 0 fully saturated rings. The van der Waals surface area contributed by atoms with E-state index in [9.17, 15) is 13.6 Å². The molecule has 1 aromatic rings. The molecule has 0 saturated heterocycles. The van der Waals surface area contributed by atoms with E-state index >= 15 is 0 Å². The van der Waals surface area contributed by atoms with Crippen molar-refractivity contribution in [2.75, 3.05) is 0 Å². The van der Waals surface area contributed by atoms with Crippen LogP contribution < -0.4 is 11.1 Å². The normalized spacial score (nSPS) is 12.2. The van der Waals surface area contributed by atoms with Gasteiger partial charge in [-0.05, 0) is 24.6 Å². The average Bonchev–Trinajstić information content (AvgIpc) is 2.28. The van der Waals surface area contributed by atoms with Crippen LogP contribution in [0, 0.1) is 11.6 Å². The van der Waals surface area contributed by atoms with Crippen LogP contribution in [0.4, 0.5) is 8.78 Å². The maximum atomic E-state index is 13.2. The molecule has 0 aromatic heterocycles. The van der Waals surface area contributed by atoms with Crippen molar-refractivity contribution in [3.63, 3.8) is 0 Å². The molecule has 0 saturated carbocycles. The van der Waals surface area contributed by atoms with Crippen molar-refractivity contribution in [3.05, 3.63) is 35.4 Å². The molecule has 0 aliphatic carbocycles. The van der Waals surface area contributed by atoms with Crippen LogP contribution in [0.3, 0.4) is 0 Å². The first-order valence-corrected chi connectivity index (χ1v) is 5.01. The standard InChI is InChI=1S/C11H14F2N2O/c1-2-10(14)11(16)15-6-7-5-8(12)3-4-9(7)13/h3-5,10H,2,6,14H2,1H3,(H,15,16). The molecule has 1 amide bonds. The number of halogens is 2. The van der Waals surface area contributed by atoms with Gasteiger partial charge < -0.3 is 11.1 Å². The second-order valence-corrected chi connectivity index (χ2v) is 3.47. The van der Waals surface area contributed by atoms with Gasteiger partial charge >= 0.3 is 0 Å². The van der Waals surface area contributed by atoms with Gasteiger partial charge in [-0.15, -0.1) is 0 Å². The third-order valence-corrected chi connectivity index (χ3v) is 2.24. The summed E-state index contributed by atoms with van der Waals surface area (Å²) in [6.45, 7) is 1.71. The van der Waals surface area contributed by atoms with Crippen LogP contribution in [0.15, 0.2) is 18.2 Å². The number of nitrogens with one attached hydrogen (secondary N) is 1. The molecule has 3 nitrogen and oxygen atoms in total. The number of hydrogen-bond acceptors (Lipinski definition) is 2. The van der Waals surface area contributed by atoms with E-state index in [2.05, 4.69) is 5.32 Å². The Bertz CT molecular complexity index is 382. The minimum Gasteiger partial charge on any atom is -0.351 e. The van der Waals surface area contributed by atoms with E-state index < -0.39 is 17.7 Å². The number of amides is 1. The van der Waals surface area contributed by atoms with Crippen LogP contribution in [0.1, 0.15) is 18.9 Å². The minimum atomic E-state index is -0.614. The molecular weight excluding hydrogens is 214 g/mol. The SMILES string of the molecule is CCC(N)C(=O)NCc1cc(F)ccc1F. The zero-order chi connectivity index (χ0) is 12.1. The fourth-order valence-electron chi connectivity index (χ4n) is 1.18. The van der Waals surface area contributed by atoms with E-state index in [4.69, 9.17) is 5.73 Å². The van der Waals surface area contributed by atoms with Crippen LogP contribution in [-0.2, 0) is 11.3 Å². The van der Waals surface area contributed by atoms with Crippen molar-refractivity contribution < 1.29 is 13.6 Å². The molecule has 1 atom stereocenters. The highest BCUT2D eigenvalue weighted by Crippen LogP contribution is 2.09. The third kappa shape index (κ3) is 3.27. The Morgan fingerprint density at radius 1 is 1.50 bits per heavy atom. The monoisotopic (exact) mass is 228 g/mol. The Hall–Kier alpha value is -1.49. The number of nitrogens with two attached hydrogens (primary N) is 1. The van der Waals surface area contributed by atoms with Gasteiger partial charge in [-0.3, -0.25) is 4.79 Å². The van der Waals surface area contributed by atoms with Crippen LogP contribution in [0.5, 0.6) is 0 Å². The van der Waals surface area contributed by atoms with Gasteiger partial charge in [0.15, 0.2) is 0 Å². The fourth-order valence-corrected chi connectivity index (χ4v) is 1.18. The zero-order valence-electron chi connectivity index (χ0n) is 8.97. The number of carbonyl (C=O) groups excluding carboxylic acids is 1. The molecule has 0 aliphatic heterocycles. The van der Waals surface area contributed by atoms with Gasteiger partial charge in [0.2, 0.25) is 5.91 Å². The van der Waals surface area contributed by atoms with Crippen molar-refractivity contribution in [1.29, 1.82) is 0 Å². The van der Waals surface area contributed by atoms with Crippen molar-refractivity contribution >= 4 is 5.91 Å². The summed E-state index contributed by atoms with van der Waals surface area (Å²) in [6, 6.07) is 2.49. The summed E-state index contributed by atoms with van der Waals surface area (Å²) < 4.78 is 25.9. The zero-order valence-corrected chi connectivity index (χ0v) is 8.97. The van der Waals surface area contributed by atoms with E-state index in [1.54, 1.807) is 6.92 Å². The van der Waals surface area contributed by atoms with Gasteiger partial charge in [0, 0.05) is 12.1 Å². The van der Waals surface area contributed by atoms with Crippen LogP contribution in [-0.4, -0.2) is 11.9 Å². The lowest BCUT2D eigenvalue weighted by Gasteiger charge is -2.10. The largest absolute Gasteiger partial charge is 0.351 e. The number of benzene rings is 1. The lowest BCUT2D eigenvalue weighted by molar-refractivity contribution is -0.122. The predicted molar refractivity (Wildman–Crippen MR) is 56.5 cm³/mol. The molecule has 88 valence electrons. The third-order valence-electron chi connectivity index (χ3n) is 2.24. The molecule has 1 aromatic carbocycles. The van der Waals surface area contributed by atoms with Gasteiger partial charge in [0.05, 0.1) is 6.04 Å². The van der Waals surface area contributed by atoms with Crippen molar-refractivity contribution in [3.8, 4) is 0 Å². The number of rotatable bonds is 4. The van der Waals surface area contributed by atoms with E-state index in [0.29, 0.717) is 6.42 Å². The van der Waals surface area contributed by atoms with E-state index in [-0.39, 0.29) is 18.0 Å². The summed E-state index contributed by atoms with van der Waals surface area (Å²) >= 11 is 0. The first kappa shape index (κ1) is 12.6. The van der Waals surface area contributed by atoms with E-state index in [1.807, 2.05) is 0 Å². The van der Waals surface area contributed by atoms with Crippen LogP contribution in [0.25, 0.3) is 0 Å². The molecule has 16 heavy (non-hydrogen) atoms. The maximum absolute atomic E-state index is 13.2. The Morgan fingerprint density at radius 2 is 2.19 bits per heavy atom.